The maximum absolute atomic E-state index is 2.40. The van der Waals surface area contributed by atoms with Crippen LogP contribution in [0, 0.1) is 0 Å². The summed E-state index contributed by atoms with van der Waals surface area (Å²) in [7, 11) is 0. The Kier molecular flexibility index (Phi) is 7.85. The molecule has 1 aromatic heterocycles. The van der Waals surface area contributed by atoms with Crippen LogP contribution in [0.1, 0.15) is 0 Å². The van der Waals surface area contributed by atoms with Crippen molar-refractivity contribution >= 4 is 49.6 Å². The molecule has 0 amide bonds. The summed E-state index contributed by atoms with van der Waals surface area (Å²) < 4.78 is 2.39. The number of nitrogens with zero attached hydrogens (tertiary/aromatic N) is 2. The number of hydrogen-bond donors (Lipinski definition) is 0. The van der Waals surface area contributed by atoms with Gasteiger partial charge in [0.15, 0.2) is 0 Å². The van der Waals surface area contributed by atoms with E-state index in [0.29, 0.717) is 0 Å². The van der Waals surface area contributed by atoms with E-state index in [-0.39, 0.29) is 0 Å². The van der Waals surface area contributed by atoms with Gasteiger partial charge in [-0.25, -0.2) is 0 Å². The molecule has 0 saturated heterocycles. The zero-order valence-electron chi connectivity index (χ0n) is 29.7. The molecule has 0 aliphatic carbocycles. The monoisotopic (exact) mass is 688 g/mol. The van der Waals surface area contributed by atoms with Gasteiger partial charge in [-0.2, -0.15) is 0 Å². The van der Waals surface area contributed by atoms with E-state index in [9.17, 15) is 0 Å². The molecule has 0 fully saturated rings. The summed E-state index contributed by atoms with van der Waals surface area (Å²) in [6.45, 7) is 0. The highest BCUT2D eigenvalue weighted by atomic mass is 15.1. The van der Waals surface area contributed by atoms with Gasteiger partial charge in [0.1, 0.15) is 0 Å². The number of para-hydroxylation sites is 2. The van der Waals surface area contributed by atoms with Gasteiger partial charge in [0, 0.05) is 33.5 Å². The topological polar surface area (TPSA) is 8.17 Å². The van der Waals surface area contributed by atoms with Crippen molar-refractivity contribution in [2.45, 2.75) is 0 Å². The standard InChI is InChI=1S/C52H36N2/c1-3-16-37(17-4-1)40-22-11-24-42(34-40)53(44-26-15-27-45(36-44)54-50-32-9-7-28-48(50)49-29-8-10-33-51(49)54)43-25-12-23-41(35-43)47-31-14-21-39-20-13-30-46(52(39)47)38-18-5-2-6-19-38/h1-36H. The molecule has 0 spiro atoms. The van der Waals surface area contributed by atoms with Crippen LogP contribution in [0.2, 0.25) is 0 Å². The highest BCUT2D eigenvalue weighted by Crippen LogP contribution is 2.42. The van der Waals surface area contributed by atoms with Gasteiger partial charge in [0.25, 0.3) is 0 Å². The first-order valence-electron chi connectivity index (χ1n) is 18.5. The molecule has 10 aromatic rings. The van der Waals surface area contributed by atoms with Crippen molar-refractivity contribution < 1.29 is 0 Å². The molecule has 10 rings (SSSR count). The van der Waals surface area contributed by atoms with E-state index in [0.717, 1.165) is 22.7 Å². The Hall–Kier alpha value is -7.16. The molecule has 0 radical (unpaired) electrons. The lowest BCUT2D eigenvalue weighted by Crippen LogP contribution is -2.11. The van der Waals surface area contributed by atoms with Crippen LogP contribution in [0.5, 0.6) is 0 Å². The van der Waals surface area contributed by atoms with E-state index < -0.39 is 0 Å². The third-order valence-corrected chi connectivity index (χ3v) is 10.5. The second-order valence-electron chi connectivity index (χ2n) is 13.8. The number of hydrogen-bond acceptors (Lipinski definition) is 1. The molecule has 0 aliphatic heterocycles. The number of aromatic nitrogens is 1. The number of anilines is 3. The van der Waals surface area contributed by atoms with Crippen molar-refractivity contribution in [2.24, 2.45) is 0 Å². The molecule has 0 atom stereocenters. The first-order valence-corrected chi connectivity index (χ1v) is 18.5. The van der Waals surface area contributed by atoms with E-state index in [1.807, 2.05) is 0 Å². The average molecular weight is 689 g/mol. The Labute approximate surface area is 315 Å². The zero-order valence-corrected chi connectivity index (χ0v) is 29.7. The fourth-order valence-electron chi connectivity index (χ4n) is 8.13. The van der Waals surface area contributed by atoms with Gasteiger partial charge in [-0.15, -0.1) is 0 Å². The summed E-state index contributed by atoms with van der Waals surface area (Å²) in [5.41, 5.74) is 14.0. The van der Waals surface area contributed by atoms with Gasteiger partial charge in [0.05, 0.1) is 11.0 Å². The molecule has 0 bridgehead atoms. The normalized spacial score (nSPS) is 11.3. The lowest BCUT2D eigenvalue weighted by molar-refractivity contribution is 1.17. The second kappa shape index (κ2) is 13.4. The van der Waals surface area contributed by atoms with Crippen LogP contribution in [0.15, 0.2) is 218 Å². The Balaban J connectivity index is 1.18. The van der Waals surface area contributed by atoms with E-state index in [1.54, 1.807) is 0 Å². The second-order valence-corrected chi connectivity index (χ2v) is 13.8. The molecule has 9 aromatic carbocycles. The summed E-state index contributed by atoms with van der Waals surface area (Å²) in [6.07, 6.45) is 0. The minimum absolute atomic E-state index is 1.08. The van der Waals surface area contributed by atoms with Crippen molar-refractivity contribution in [3.8, 4) is 39.1 Å². The predicted octanol–water partition coefficient (Wildman–Crippen LogP) is 14.4. The third kappa shape index (κ3) is 5.53. The number of benzene rings is 9. The van der Waals surface area contributed by atoms with E-state index in [1.165, 1.54) is 66.0 Å². The molecule has 2 heteroatoms. The Morgan fingerprint density at radius 3 is 1.43 bits per heavy atom. The molecule has 2 nitrogen and oxygen atoms in total. The average Bonchev–Trinajstić information content (AvgIpc) is 3.59. The lowest BCUT2D eigenvalue weighted by Gasteiger charge is -2.27. The van der Waals surface area contributed by atoms with Gasteiger partial charge < -0.3 is 9.47 Å². The van der Waals surface area contributed by atoms with Crippen LogP contribution in [-0.2, 0) is 0 Å². The highest BCUT2D eigenvalue weighted by Gasteiger charge is 2.18. The lowest BCUT2D eigenvalue weighted by atomic mass is 9.91. The Bertz CT molecular complexity index is 2880. The Morgan fingerprint density at radius 2 is 0.778 bits per heavy atom. The van der Waals surface area contributed by atoms with Crippen molar-refractivity contribution in [3.63, 3.8) is 0 Å². The summed E-state index contributed by atoms with van der Waals surface area (Å²) in [5.74, 6) is 0. The molecular formula is C52H36N2. The molecule has 54 heavy (non-hydrogen) atoms. The van der Waals surface area contributed by atoms with E-state index in [2.05, 4.69) is 228 Å². The number of fused-ring (bicyclic) bond motifs is 4. The van der Waals surface area contributed by atoms with Gasteiger partial charge in [-0.3, -0.25) is 0 Å². The zero-order chi connectivity index (χ0) is 35.8. The number of rotatable bonds is 7. The van der Waals surface area contributed by atoms with Crippen LogP contribution in [0.4, 0.5) is 17.1 Å². The SMILES string of the molecule is c1ccc(-c2cccc(N(c3cccc(-c4cccc5cccc(-c6ccccc6)c45)c3)c3cccc(-n4c5ccccc5c5ccccc54)c3)c2)cc1. The summed E-state index contributed by atoms with van der Waals surface area (Å²) in [5, 5.41) is 4.99. The van der Waals surface area contributed by atoms with Crippen LogP contribution < -0.4 is 4.90 Å². The molecule has 0 aliphatic rings. The maximum Gasteiger partial charge on any atom is 0.0541 e. The maximum atomic E-state index is 2.40. The summed E-state index contributed by atoms with van der Waals surface area (Å²) in [4.78, 5) is 2.40. The summed E-state index contributed by atoms with van der Waals surface area (Å²) in [6, 6.07) is 78.9. The van der Waals surface area contributed by atoms with Gasteiger partial charge in [0.2, 0.25) is 0 Å². The van der Waals surface area contributed by atoms with Crippen molar-refractivity contribution in [2.75, 3.05) is 4.90 Å². The minimum Gasteiger partial charge on any atom is -0.310 e. The summed E-state index contributed by atoms with van der Waals surface area (Å²) >= 11 is 0. The molecule has 0 unspecified atom stereocenters. The van der Waals surface area contributed by atoms with Crippen LogP contribution in [-0.4, -0.2) is 4.57 Å². The first-order chi connectivity index (χ1) is 26.8. The smallest absolute Gasteiger partial charge is 0.0541 e. The molecule has 0 saturated carbocycles. The third-order valence-electron chi connectivity index (χ3n) is 10.5. The van der Waals surface area contributed by atoms with Crippen LogP contribution in [0.25, 0.3) is 71.6 Å². The van der Waals surface area contributed by atoms with Crippen LogP contribution >= 0.6 is 0 Å². The van der Waals surface area contributed by atoms with Gasteiger partial charge in [-0.05, 0) is 98.8 Å². The Morgan fingerprint density at radius 1 is 0.315 bits per heavy atom. The molecule has 254 valence electrons. The van der Waals surface area contributed by atoms with Crippen LogP contribution in [0.3, 0.4) is 0 Å². The first kappa shape index (κ1) is 31.6. The predicted molar refractivity (Wildman–Crippen MR) is 229 cm³/mol. The van der Waals surface area contributed by atoms with Gasteiger partial charge >= 0.3 is 0 Å². The van der Waals surface area contributed by atoms with E-state index >= 15 is 0 Å². The molecule has 0 N–H and O–H groups in total. The fraction of sp³-hybridized carbons (Fsp3) is 0. The largest absolute Gasteiger partial charge is 0.310 e. The van der Waals surface area contributed by atoms with Crippen molar-refractivity contribution in [1.82, 2.24) is 4.57 Å². The van der Waals surface area contributed by atoms with E-state index in [4.69, 9.17) is 0 Å². The van der Waals surface area contributed by atoms with Crippen molar-refractivity contribution in [3.05, 3.63) is 218 Å². The minimum atomic E-state index is 1.08. The molecule has 1 heterocycles. The fourth-order valence-corrected chi connectivity index (χ4v) is 8.13. The molecular weight excluding hydrogens is 653 g/mol. The van der Waals surface area contributed by atoms with Gasteiger partial charge in [-0.1, -0.05) is 164 Å². The van der Waals surface area contributed by atoms with Crippen molar-refractivity contribution in [1.29, 1.82) is 0 Å². The quantitative estimate of drug-likeness (QED) is 0.162. The highest BCUT2D eigenvalue weighted by molar-refractivity contribution is 6.09.